The second kappa shape index (κ2) is 56.2. The van der Waals surface area contributed by atoms with E-state index in [-0.39, 0.29) is 19.1 Å². The number of unbranched alkanes of at least 4 members (excludes halogenated alkanes) is 40. The highest BCUT2D eigenvalue weighted by Crippen LogP contribution is 2.43. The molecule has 8 nitrogen and oxygen atoms in total. The predicted molar refractivity (Wildman–Crippen MR) is 323 cm³/mol. The van der Waals surface area contributed by atoms with Crippen molar-refractivity contribution in [2.45, 2.75) is 321 Å². The predicted octanol–water partition coefficient (Wildman–Crippen LogP) is 19.9. The number of carbonyl (C=O) groups is 1. The molecular weight excluding hydrogens is 936 g/mol. The summed E-state index contributed by atoms with van der Waals surface area (Å²) in [5, 5.41) is 14.0. The van der Waals surface area contributed by atoms with Gasteiger partial charge < -0.3 is 19.8 Å². The lowest BCUT2D eigenvalue weighted by atomic mass is 10.0. The highest BCUT2D eigenvalue weighted by molar-refractivity contribution is 7.47. The molecule has 0 radical (unpaired) electrons. The van der Waals surface area contributed by atoms with Crippen LogP contribution in [0.4, 0.5) is 0 Å². The highest BCUT2D eigenvalue weighted by Gasteiger charge is 2.28. The molecule has 0 aliphatic heterocycles. The van der Waals surface area contributed by atoms with Crippen LogP contribution in [-0.2, 0) is 18.4 Å². The first-order valence-corrected chi connectivity index (χ1v) is 33.5. The molecule has 0 spiro atoms. The maximum Gasteiger partial charge on any atom is 0.472 e. The summed E-state index contributed by atoms with van der Waals surface area (Å²) in [7, 11) is 1.58. The molecule has 0 aromatic heterocycles. The van der Waals surface area contributed by atoms with Gasteiger partial charge in [0.25, 0.3) is 0 Å². The summed E-state index contributed by atoms with van der Waals surface area (Å²) < 4.78 is 23.8. The molecule has 0 bridgehead atoms. The average molecular weight is 1060 g/mol. The minimum atomic E-state index is -4.35. The van der Waals surface area contributed by atoms with E-state index in [1.54, 1.807) is 6.08 Å². The number of aliphatic hydroxyl groups excluding tert-OH is 1. The third kappa shape index (κ3) is 58.1. The van der Waals surface area contributed by atoms with Gasteiger partial charge in [-0.3, -0.25) is 13.8 Å². The number of likely N-dealkylation sites (N-methyl/N-ethyl adjacent to an activating group) is 1. The molecule has 0 saturated heterocycles. The summed E-state index contributed by atoms with van der Waals surface area (Å²) in [5.41, 5.74) is 0. The van der Waals surface area contributed by atoms with Crippen LogP contribution in [-0.4, -0.2) is 73.4 Å². The van der Waals surface area contributed by atoms with E-state index >= 15 is 0 Å². The van der Waals surface area contributed by atoms with E-state index < -0.39 is 20.0 Å². The van der Waals surface area contributed by atoms with Crippen molar-refractivity contribution >= 4 is 13.7 Å². The second-order valence-electron chi connectivity index (χ2n) is 23.1. The average Bonchev–Trinajstić information content (AvgIpc) is 3.36. The van der Waals surface area contributed by atoms with Crippen LogP contribution in [0.2, 0.25) is 0 Å². The summed E-state index contributed by atoms with van der Waals surface area (Å²) in [4.78, 5) is 23.4. The molecule has 3 unspecified atom stereocenters. The van der Waals surface area contributed by atoms with Crippen molar-refractivity contribution in [3.63, 3.8) is 0 Å². The molecular formula is C65H126N2O6P+. The lowest BCUT2D eigenvalue weighted by molar-refractivity contribution is -0.870. The molecule has 0 rings (SSSR count). The number of quaternary nitrogens is 1. The van der Waals surface area contributed by atoms with Gasteiger partial charge >= 0.3 is 7.82 Å². The van der Waals surface area contributed by atoms with Crippen molar-refractivity contribution in [2.24, 2.45) is 0 Å². The molecule has 0 saturated carbocycles. The Kier molecular flexibility index (Phi) is 55.0. The fourth-order valence-corrected chi connectivity index (χ4v) is 10.3. The largest absolute Gasteiger partial charge is 0.472 e. The zero-order chi connectivity index (χ0) is 54.2. The summed E-state index contributed by atoms with van der Waals surface area (Å²) in [6.07, 6.45) is 75.1. The number of hydrogen-bond donors (Lipinski definition) is 3. The van der Waals surface area contributed by atoms with Gasteiger partial charge in [-0.2, -0.15) is 0 Å². The summed E-state index contributed by atoms with van der Waals surface area (Å²) >= 11 is 0. The molecule has 3 N–H and O–H groups in total. The molecule has 74 heavy (non-hydrogen) atoms. The Bertz CT molecular complexity index is 1340. The van der Waals surface area contributed by atoms with E-state index in [2.05, 4.69) is 55.6 Å². The molecule has 1 amide bonds. The maximum absolute atomic E-state index is 13.0. The molecule has 0 aliphatic rings. The SMILES string of the molecule is CCCCCCC/C=C\C/C=C\C/C=C\CCCCCCCCCCCCCCCCCCC(=O)NC(COP(=O)(O)OCC[N+](C)(C)C)C(O)/C=C/CCCCCCCCCCCCCCCCCCCCC. The molecule has 436 valence electrons. The highest BCUT2D eigenvalue weighted by atomic mass is 31.2. The Morgan fingerprint density at radius 1 is 0.459 bits per heavy atom. The zero-order valence-corrected chi connectivity index (χ0v) is 50.7. The lowest BCUT2D eigenvalue weighted by Crippen LogP contribution is -2.45. The van der Waals surface area contributed by atoms with Gasteiger partial charge in [-0.1, -0.05) is 294 Å². The van der Waals surface area contributed by atoms with Crippen LogP contribution in [0.25, 0.3) is 0 Å². The molecule has 0 aromatic rings. The van der Waals surface area contributed by atoms with Gasteiger partial charge in [0.2, 0.25) is 5.91 Å². The van der Waals surface area contributed by atoms with Crippen molar-refractivity contribution in [3.8, 4) is 0 Å². The number of allylic oxidation sites excluding steroid dienone is 7. The van der Waals surface area contributed by atoms with Gasteiger partial charge in [0.15, 0.2) is 0 Å². The van der Waals surface area contributed by atoms with E-state index in [9.17, 15) is 19.4 Å². The van der Waals surface area contributed by atoms with Crippen LogP contribution in [0, 0.1) is 0 Å². The zero-order valence-electron chi connectivity index (χ0n) is 49.8. The van der Waals surface area contributed by atoms with Crippen LogP contribution in [0.15, 0.2) is 48.6 Å². The van der Waals surface area contributed by atoms with Gasteiger partial charge in [-0.25, -0.2) is 4.57 Å². The van der Waals surface area contributed by atoms with Crippen LogP contribution in [0.1, 0.15) is 309 Å². The summed E-state index contributed by atoms with van der Waals surface area (Å²) in [6.45, 7) is 4.84. The number of nitrogens with one attached hydrogen (secondary N) is 1. The van der Waals surface area contributed by atoms with E-state index in [1.165, 1.54) is 238 Å². The third-order valence-electron chi connectivity index (χ3n) is 14.5. The number of rotatable bonds is 59. The summed E-state index contributed by atoms with van der Waals surface area (Å²) in [5.74, 6) is -0.173. The van der Waals surface area contributed by atoms with Gasteiger partial charge in [0, 0.05) is 6.42 Å². The number of carbonyl (C=O) groups excluding carboxylic acids is 1. The van der Waals surface area contributed by atoms with Crippen molar-refractivity contribution in [3.05, 3.63) is 48.6 Å². The number of amides is 1. The van der Waals surface area contributed by atoms with Gasteiger partial charge in [0.05, 0.1) is 39.9 Å². The Morgan fingerprint density at radius 3 is 1.12 bits per heavy atom. The first-order valence-electron chi connectivity index (χ1n) is 32.0. The fourth-order valence-electron chi connectivity index (χ4n) is 9.52. The summed E-state index contributed by atoms with van der Waals surface area (Å²) in [6, 6.07) is -0.848. The number of nitrogens with zero attached hydrogens (tertiary/aromatic N) is 1. The fraction of sp³-hybridized carbons (Fsp3) is 0.862. The molecule has 3 atom stereocenters. The van der Waals surface area contributed by atoms with Crippen molar-refractivity contribution in [1.29, 1.82) is 0 Å². The monoisotopic (exact) mass is 1060 g/mol. The Labute approximate surface area is 460 Å². The molecule has 0 aliphatic carbocycles. The smallest absolute Gasteiger partial charge is 0.387 e. The number of hydrogen-bond acceptors (Lipinski definition) is 5. The van der Waals surface area contributed by atoms with E-state index in [4.69, 9.17) is 9.05 Å². The lowest BCUT2D eigenvalue weighted by Gasteiger charge is -2.25. The van der Waals surface area contributed by atoms with Crippen LogP contribution in [0.5, 0.6) is 0 Å². The first kappa shape index (κ1) is 72.5. The molecule has 0 aromatic carbocycles. The van der Waals surface area contributed by atoms with Crippen molar-refractivity contribution < 1.29 is 32.9 Å². The minimum absolute atomic E-state index is 0.0621. The van der Waals surface area contributed by atoms with Crippen molar-refractivity contribution in [1.82, 2.24) is 5.32 Å². The number of phosphoric ester groups is 1. The second-order valence-corrected chi connectivity index (χ2v) is 24.6. The van der Waals surface area contributed by atoms with Crippen LogP contribution in [0.3, 0.4) is 0 Å². The van der Waals surface area contributed by atoms with Crippen molar-refractivity contribution in [2.75, 3.05) is 40.9 Å². The molecule has 0 fully saturated rings. The quantitative estimate of drug-likeness (QED) is 0.0243. The van der Waals surface area contributed by atoms with Gasteiger partial charge in [0.1, 0.15) is 13.2 Å². The third-order valence-corrected chi connectivity index (χ3v) is 15.5. The Hall–Kier alpha value is -1.54. The van der Waals surface area contributed by atoms with E-state index in [1.807, 2.05) is 27.2 Å². The van der Waals surface area contributed by atoms with Gasteiger partial charge in [-0.15, -0.1) is 0 Å². The Balaban J connectivity index is 4.10. The van der Waals surface area contributed by atoms with Crippen LogP contribution < -0.4 is 5.32 Å². The van der Waals surface area contributed by atoms with E-state index in [0.29, 0.717) is 17.4 Å². The minimum Gasteiger partial charge on any atom is -0.387 e. The standard InChI is InChI=1S/C65H125N2O6P/c1-6-8-10-12-14-16-18-20-22-24-26-28-29-30-31-32-33-34-35-36-37-39-41-43-45-47-49-51-53-55-57-59-65(69)66-63(62-73-74(70,71)72-61-60-67(3,4)5)64(68)58-56-54-52-50-48-46-44-42-40-38-27-25-23-21-19-17-15-13-11-9-7-2/h18,20,24,26,29-30,56,58,63-64,68H,6-17,19,21-23,25,27-28,31-55,57,59-62H2,1-5H3,(H-,66,69,70,71)/p+1/b20-18-,26-24-,30-29-,58-56+. The van der Waals surface area contributed by atoms with Gasteiger partial charge in [-0.05, 0) is 57.8 Å². The van der Waals surface area contributed by atoms with Crippen LogP contribution >= 0.6 is 7.82 Å². The number of aliphatic hydroxyl groups is 1. The maximum atomic E-state index is 13.0. The van der Waals surface area contributed by atoms with E-state index in [0.717, 1.165) is 51.4 Å². The molecule has 0 heterocycles. The number of phosphoric acid groups is 1. The topological polar surface area (TPSA) is 105 Å². The first-order chi connectivity index (χ1) is 36.0. The molecule has 9 heteroatoms. The normalized spacial score (nSPS) is 14.1. The Morgan fingerprint density at radius 2 is 0.770 bits per heavy atom.